The SMILES string of the molecule is CC1CCc2c(sc3ncnc(N(C)CCCc4[nH]nc(N)c4C#N)c23)C1. The van der Waals surface area contributed by atoms with Gasteiger partial charge in [0.05, 0.1) is 11.1 Å². The number of nitrogens with two attached hydrogens (primary N) is 1. The molecule has 4 rings (SSSR count). The van der Waals surface area contributed by atoms with Crippen molar-refractivity contribution in [2.75, 3.05) is 24.2 Å². The highest BCUT2D eigenvalue weighted by atomic mass is 32.1. The minimum absolute atomic E-state index is 0.275. The van der Waals surface area contributed by atoms with E-state index in [9.17, 15) is 5.26 Å². The number of thiophene rings is 1. The molecule has 3 N–H and O–H groups in total. The molecule has 0 aliphatic heterocycles. The molecule has 1 atom stereocenters. The third-order valence-electron chi connectivity index (χ3n) is 5.33. The van der Waals surface area contributed by atoms with Gasteiger partial charge in [-0.1, -0.05) is 6.92 Å². The zero-order chi connectivity index (χ0) is 19.0. The second kappa shape index (κ2) is 7.16. The molecule has 1 aliphatic rings. The Hall–Kier alpha value is -2.66. The summed E-state index contributed by atoms with van der Waals surface area (Å²) in [4.78, 5) is 13.9. The molecule has 0 radical (unpaired) electrons. The summed E-state index contributed by atoms with van der Waals surface area (Å²) < 4.78 is 0. The Morgan fingerprint density at radius 3 is 3.11 bits per heavy atom. The third-order valence-corrected chi connectivity index (χ3v) is 6.50. The zero-order valence-electron chi connectivity index (χ0n) is 15.6. The van der Waals surface area contributed by atoms with Crippen molar-refractivity contribution >= 4 is 33.2 Å². The van der Waals surface area contributed by atoms with E-state index in [-0.39, 0.29) is 5.82 Å². The van der Waals surface area contributed by atoms with E-state index in [0.29, 0.717) is 5.56 Å². The summed E-state index contributed by atoms with van der Waals surface area (Å²) in [6.45, 7) is 3.15. The summed E-state index contributed by atoms with van der Waals surface area (Å²) in [6, 6.07) is 2.12. The molecule has 3 heterocycles. The number of H-pyrrole nitrogens is 1. The summed E-state index contributed by atoms with van der Waals surface area (Å²) in [6.07, 6.45) is 6.77. The lowest BCUT2D eigenvalue weighted by Gasteiger charge is -2.21. The molecule has 7 nitrogen and oxygen atoms in total. The maximum absolute atomic E-state index is 9.18. The van der Waals surface area contributed by atoms with Gasteiger partial charge in [0, 0.05) is 18.5 Å². The molecule has 0 saturated heterocycles. The van der Waals surface area contributed by atoms with Crippen LogP contribution in [-0.4, -0.2) is 33.8 Å². The molecule has 0 spiro atoms. The Morgan fingerprint density at radius 1 is 1.44 bits per heavy atom. The molecule has 8 heteroatoms. The Morgan fingerprint density at radius 2 is 2.30 bits per heavy atom. The standard InChI is InChI=1S/C19H23N7S/c1-11-5-6-12-15(8-11)27-19-16(12)18(22-10-23-19)26(2)7-3-4-14-13(9-20)17(21)25-24-14/h10-11H,3-8H2,1-2H3,(H3,21,24,25). The predicted octanol–water partition coefficient (Wildman–Crippen LogP) is 3.06. The number of aromatic nitrogens is 4. The van der Waals surface area contributed by atoms with Gasteiger partial charge in [-0.25, -0.2) is 9.97 Å². The van der Waals surface area contributed by atoms with Crippen molar-refractivity contribution in [2.24, 2.45) is 5.92 Å². The summed E-state index contributed by atoms with van der Waals surface area (Å²) in [7, 11) is 2.07. The molecule has 0 fully saturated rings. The predicted molar refractivity (Wildman–Crippen MR) is 108 cm³/mol. The highest BCUT2D eigenvalue weighted by Gasteiger charge is 2.24. The van der Waals surface area contributed by atoms with E-state index in [1.54, 1.807) is 6.33 Å². The topological polar surface area (TPSA) is 108 Å². The van der Waals surface area contributed by atoms with Crippen molar-refractivity contribution in [3.63, 3.8) is 0 Å². The van der Waals surface area contributed by atoms with Gasteiger partial charge >= 0.3 is 0 Å². The van der Waals surface area contributed by atoms with Crippen molar-refractivity contribution in [3.05, 3.63) is 28.0 Å². The van der Waals surface area contributed by atoms with Gasteiger partial charge in [-0.3, -0.25) is 5.10 Å². The minimum Gasteiger partial charge on any atom is -0.381 e. The van der Waals surface area contributed by atoms with Crippen molar-refractivity contribution < 1.29 is 0 Å². The summed E-state index contributed by atoms with van der Waals surface area (Å²) >= 11 is 1.82. The summed E-state index contributed by atoms with van der Waals surface area (Å²) in [5.41, 5.74) is 8.42. The molecule has 1 unspecified atom stereocenters. The number of nitrogen functional groups attached to an aromatic ring is 1. The van der Waals surface area contributed by atoms with Gasteiger partial charge in [0.2, 0.25) is 0 Å². The maximum atomic E-state index is 9.18. The van der Waals surface area contributed by atoms with E-state index >= 15 is 0 Å². The van der Waals surface area contributed by atoms with Gasteiger partial charge in [0.1, 0.15) is 28.6 Å². The van der Waals surface area contributed by atoms with E-state index in [0.717, 1.165) is 54.5 Å². The van der Waals surface area contributed by atoms with E-state index in [4.69, 9.17) is 5.73 Å². The number of nitriles is 1. The van der Waals surface area contributed by atoms with Crippen LogP contribution >= 0.6 is 11.3 Å². The number of nitrogens with one attached hydrogen (secondary N) is 1. The second-order valence-electron chi connectivity index (χ2n) is 7.33. The van der Waals surface area contributed by atoms with Crippen LogP contribution in [0.3, 0.4) is 0 Å². The normalized spacial score (nSPS) is 16.3. The maximum Gasteiger partial charge on any atom is 0.163 e. The molecule has 0 amide bonds. The molecule has 3 aromatic heterocycles. The third kappa shape index (κ3) is 3.23. The average molecular weight is 382 g/mol. The van der Waals surface area contributed by atoms with E-state index < -0.39 is 0 Å². The van der Waals surface area contributed by atoms with Crippen LogP contribution in [0.4, 0.5) is 11.6 Å². The van der Waals surface area contributed by atoms with Crippen LogP contribution in [0, 0.1) is 17.2 Å². The fourth-order valence-corrected chi connectivity index (χ4v) is 5.19. The number of fused-ring (bicyclic) bond motifs is 3. The quantitative estimate of drug-likeness (QED) is 0.703. The number of hydrogen-bond donors (Lipinski definition) is 2. The largest absolute Gasteiger partial charge is 0.381 e. The minimum atomic E-state index is 0.275. The smallest absolute Gasteiger partial charge is 0.163 e. The molecule has 27 heavy (non-hydrogen) atoms. The number of aryl methyl sites for hydroxylation is 2. The molecule has 0 bridgehead atoms. The number of nitrogens with zero attached hydrogens (tertiary/aromatic N) is 5. The van der Waals surface area contributed by atoms with Crippen molar-refractivity contribution in [3.8, 4) is 6.07 Å². The molecular formula is C19H23N7S. The Kier molecular flexibility index (Phi) is 4.70. The summed E-state index contributed by atoms with van der Waals surface area (Å²) in [5.74, 6) is 2.03. The van der Waals surface area contributed by atoms with Crippen LogP contribution in [0.5, 0.6) is 0 Å². The lowest BCUT2D eigenvalue weighted by Crippen LogP contribution is -2.21. The fourth-order valence-electron chi connectivity index (χ4n) is 3.85. The van der Waals surface area contributed by atoms with Gasteiger partial charge in [0.15, 0.2) is 5.82 Å². The zero-order valence-corrected chi connectivity index (χ0v) is 16.4. The molecule has 140 valence electrons. The van der Waals surface area contributed by atoms with Crippen LogP contribution in [0.15, 0.2) is 6.33 Å². The Labute approximate surface area is 162 Å². The number of anilines is 2. The highest BCUT2D eigenvalue weighted by molar-refractivity contribution is 7.19. The molecule has 1 aliphatic carbocycles. The van der Waals surface area contributed by atoms with Crippen molar-refractivity contribution in [2.45, 2.75) is 39.0 Å². The van der Waals surface area contributed by atoms with Crippen LogP contribution in [0.1, 0.15) is 41.5 Å². The van der Waals surface area contributed by atoms with Gasteiger partial charge < -0.3 is 10.6 Å². The highest BCUT2D eigenvalue weighted by Crippen LogP contribution is 2.40. The van der Waals surface area contributed by atoms with Gasteiger partial charge in [-0.15, -0.1) is 11.3 Å². The molecular weight excluding hydrogens is 358 g/mol. The van der Waals surface area contributed by atoms with Crippen LogP contribution in [0.2, 0.25) is 0 Å². The first-order valence-electron chi connectivity index (χ1n) is 9.27. The van der Waals surface area contributed by atoms with Gasteiger partial charge in [-0.05, 0) is 43.6 Å². The van der Waals surface area contributed by atoms with Gasteiger partial charge in [-0.2, -0.15) is 10.4 Å². The molecule has 0 saturated carbocycles. The van der Waals surface area contributed by atoms with Crippen molar-refractivity contribution in [1.29, 1.82) is 5.26 Å². The first kappa shape index (κ1) is 17.7. The number of rotatable bonds is 5. The van der Waals surface area contributed by atoms with E-state index in [1.165, 1.54) is 22.2 Å². The molecule has 0 aromatic carbocycles. The van der Waals surface area contributed by atoms with Crippen LogP contribution < -0.4 is 10.6 Å². The van der Waals surface area contributed by atoms with Crippen molar-refractivity contribution in [1.82, 2.24) is 20.2 Å². The lowest BCUT2D eigenvalue weighted by atomic mass is 9.89. The van der Waals surface area contributed by atoms with Gasteiger partial charge in [0.25, 0.3) is 0 Å². The average Bonchev–Trinajstić information content (AvgIpc) is 3.20. The summed E-state index contributed by atoms with van der Waals surface area (Å²) in [5, 5.41) is 17.2. The Bertz CT molecular complexity index is 1010. The van der Waals surface area contributed by atoms with Crippen LogP contribution in [-0.2, 0) is 19.3 Å². The first-order chi connectivity index (χ1) is 13.1. The lowest BCUT2D eigenvalue weighted by molar-refractivity contribution is 0.509. The Balaban J connectivity index is 1.53. The number of hydrogen-bond acceptors (Lipinski definition) is 7. The van der Waals surface area contributed by atoms with E-state index in [2.05, 4.69) is 45.1 Å². The number of aromatic amines is 1. The first-order valence-corrected chi connectivity index (χ1v) is 10.1. The monoisotopic (exact) mass is 381 g/mol. The van der Waals surface area contributed by atoms with E-state index in [1.807, 2.05) is 11.3 Å². The molecule has 3 aromatic rings. The second-order valence-corrected chi connectivity index (χ2v) is 8.41. The fraction of sp³-hybridized carbons (Fsp3) is 0.474. The van der Waals surface area contributed by atoms with Crippen LogP contribution in [0.25, 0.3) is 10.2 Å².